The molecule has 2 saturated carbocycles. The van der Waals surface area contributed by atoms with Crippen LogP contribution in [0.15, 0.2) is 0 Å². The zero-order chi connectivity index (χ0) is 20.3. The van der Waals surface area contributed by atoms with Gasteiger partial charge in [-0.15, -0.1) is 0 Å². The first-order valence-electron chi connectivity index (χ1n) is 10.7. The molecule has 2 aliphatic rings. The van der Waals surface area contributed by atoms with Crippen LogP contribution in [0.4, 0.5) is 0 Å². The summed E-state index contributed by atoms with van der Waals surface area (Å²) in [6, 6.07) is 0. The topological polar surface area (TPSA) is 36.9 Å². The molecule has 2 aliphatic carbocycles. The van der Waals surface area contributed by atoms with Crippen molar-refractivity contribution in [2.75, 3.05) is 40.0 Å². The van der Waals surface area contributed by atoms with E-state index in [9.17, 15) is 0 Å². The highest BCUT2D eigenvalue weighted by Gasteiger charge is 2.57. The molecule has 4 unspecified atom stereocenters. The summed E-state index contributed by atoms with van der Waals surface area (Å²) in [5.41, 5.74) is 0.461. The molecule has 27 heavy (non-hydrogen) atoms. The highest BCUT2D eigenvalue weighted by Crippen LogP contribution is 2.61. The van der Waals surface area contributed by atoms with E-state index in [0.29, 0.717) is 19.5 Å². The second kappa shape index (κ2) is 9.11. The molecule has 0 radical (unpaired) electrons. The van der Waals surface area contributed by atoms with Crippen molar-refractivity contribution in [2.45, 2.75) is 68.2 Å². The highest BCUT2D eigenvalue weighted by atomic mass is 16.7. The number of ether oxygens (including phenoxy) is 4. The van der Waals surface area contributed by atoms with E-state index in [0.717, 1.165) is 44.2 Å². The van der Waals surface area contributed by atoms with Crippen LogP contribution in [-0.4, -0.2) is 40.0 Å². The molecule has 0 amide bonds. The van der Waals surface area contributed by atoms with Crippen LogP contribution in [0, 0.1) is 39.9 Å². The van der Waals surface area contributed by atoms with Crippen molar-refractivity contribution in [1.82, 2.24) is 0 Å². The maximum Gasteiger partial charge on any atom is 0.146 e. The molecule has 2 fully saturated rings. The van der Waals surface area contributed by atoms with Crippen molar-refractivity contribution in [3.63, 3.8) is 0 Å². The predicted octanol–water partition coefficient (Wildman–Crippen LogP) is 5.36. The molecular weight excluding hydrogens is 340 g/mol. The molecule has 4 nitrogen and oxygen atoms in total. The van der Waals surface area contributed by atoms with Crippen LogP contribution in [0.25, 0.3) is 0 Å². The first kappa shape index (κ1) is 23.1. The highest BCUT2D eigenvalue weighted by molar-refractivity contribution is 5.05. The van der Waals surface area contributed by atoms with Crippen molar-refractivity contribution in [2.24, 2.45) is 39.9 Å². The standard InChI is InChI=1S/C23H44O4/c1-17-18(2)20-9-19(17)10-23(20,13-26-15-24-11-21(3,4)5)14-27-16-25-12-22(6,7)8/h17-20H,9-16H2,1-8H3. The molecule has 160 valence electrons. The largest absolute Gasteiger partial charge is 0.355 e. The molecule has 4 heteroatoms. The first-order valence-corrected chi connectivity index (χ1v) is 10.7. The molecule has 0 spiro atoms. The van der Waals surface area contributed by atoms with E-state index in [1.165, 1.54) is 12.8 Å². The molecule has 0 saturated heterocycles. The lowest BCUT2D eigenvalue weighted by atomic mass is 9.66. The van der Waals surface area contributed by atoms with E-state index in [1.54, 1.807) is 0 Å². The Morgan fingerprint density at radius 1 is 0.741 bits per heavy atom. The van der Waals surface area contributed by atoms with Crippen molar-refractivity contribution in [3.05, 3.63) is 0 Å². The van der Waals surface area contributed by atoms with Gasteiger partial charge in [0, 0.05) is 5.41 Å². The summed E-state index contributed by atoms with van der Waals surface area (Å²) in [6.07, 6.45) is 2.53. The monoisotopic (exact) mass is 384 g/mol. The summed E-state index contributed by atoms with van der Waals surface area (Å²) in [4.78, 5) is 0. The molecule has 0 N–H and O–H groups in total. The van der Waals surface area contributed by atoms with Crippen LogP contribution < -0.4 is 0 Å². The van der Waals surface area contributed by atoms with Crippen LogP contribution in [0.1, 0.15) is 68.2 Å². The van der Waals surface area contributed by atoms with Gasteiger partial charge in [-0.3, -0.25) is 0 Å². The molecule has 2 bridgehead atoms. The Kier molecular flexibility index (Phi) is 7.80. The lowest BCUT2D eigenvalue weighted by Gasteiger charge is -2.42. The molecule has 0 aromatic rings. The summed E-state index contributed by atoms with van der Waals surface area (Å²) in [7, 11) is 0. The number of hydrogen-bond donors (Lipinski definition) is 0. The molecule has 0 heterocycles. The number of rotatable bonds is 10. The first-order chi connectivity index (χ1) is 12.4. The second-order valence-electron chi connectivity index (χ2n) is 11.6. The third-order valence-electron chi connectivity index (χ3n) is 6.40. The Bertz CT molecular complexity index is 422. The maximum absolute atomic E-state index is 6.02. The van der Waals surface area contributed by atoms with Gasteiger partial charge in [0.2, 0.25) is 0 Å². The summed E-state index contributed by atoms with van der Waals surface area (Å²) >= 11 is 0. The summed E-state index contributed by atoms with van der Waals surface area (Å²) in [6.45, 7) is 21.6. The fraction of sp³-hybridized carbons (Fsp3) is 1.00. The van der Waals surface area contributed by atoms with Gasteiger partial charge in [-0.25, -0.2) is 0 Å². The third kappa shape index (κ3) is 6.69. The van der Waals surface area contributed by atoms with Crippen LogP contribution in [-0.2, 0) is 18.9 Å². The van der Waals surface area contributed by atoms with Crippen LogP contribution in [0.5, 0.6) is 0 Å². The van der Waals surface area contributed by atoms with E-state index in [4.69, 9.17) is 18.9 Å². The number of fused-ring (bicyclic) bond motifs is 2. The van der Waals surface area contributed by atoms with Gasteiger partial charge in [0.05, 0.1) is 26.4 Å². The number of hydrogen-bond acceptors (Lipinski definition) is 4. The van der Waals surface area contributed by atoms with Gasteiger partial charge >= 0.3 is 0 Å². The average Bonchev–Trinajstić information content (AvgIpc) is 3.02. The Labute approximate surface area is 167 Å². The smallest absolute Gasteiger partial charge is 0.146 e. The van der Waals surface area contributed by atoms with Crippen molar-refractivity contribution in [1.29, 1.82) is 0 Å². The van der Waals surface area contributed by atoms with Gasteiger partial charge in [0.25, 0.3) is 0 Å². The predicted molar refractivity (Wildman–Crippen MR) is 109 cm³/mol. The molecular formula is C23H44O4. The summed E-state index contributed by atoms with van der Waals surface area (Å²) in [5.74, 6) is 3.05. The van der Waals surface area contributed by atoms with Gasteiger partial charge in [-0.05, 0) is 47.3 Å². The Balaban J connectivity index is 1.83. The SMILES string of the molecule is CC1C2CC(C1C)C(COCOCC(C)(C)C)(COCOCC(C)(C)C)C2. The van der Waals surface area contributed by atoms with E-state index in [1.807, 2.05) is 0 Å². The fourth-order valence-corrected chi connectivity index (χ4v) is 4.98. The van der Waals surface area contributed by atoms with Crippen molar-refractivity contribution >= 4 is 0 Å². The van der Waals surface area contributed by atoms with E-state index in [-0.39, 0.29) is 16.2 Å². The normalized spacial score (nSPS) is 30.2. The minimum absolute atomic E-state index is 0.118. The van der Waals surface area contributed by atoms with Gasteiger partial charge < -0.3 is 18.9 Å². The van der Waals surface area contributed by atoms with E-state index < -0.39 is 0 Å². The minimum atomic E-state index is 0.118. The Morgan fingerprint density at radius 3 is 1.59 bits per heavy atom. The molecule has 2 rings (SSSR count). The quantitative estimate of drug-likeness (QED) is 0.375. The molecule has 0 aromatic carbocycles. The van der Waals surface area contributed by atoms with E-state index >= 15 is 0 Å². The minimum Gasteiger partial charge on any atom is -0.355 e. The van der Waals surface area contributed by atoms with Gasteiger partial charge in [-0.2, -0.15) is 0 Å². The molecule has 0 aromatic heterocycles. The lowest BCUT2D eigenvalue weighted by molar-refractivity contribution is -0.152. The Hall–Kier alpha value is -0.160. The fourth-order valence-electron chi connectivity index (χ4n) is 4.98. The third-order valence-corrected chi connectivity index (χ3v) is 6.40. The van der Waals surface area contributed by atoms with E-state index in [2.05, 4.69) is 55.4 Å². The van der Waals surface area contributed by atoms with Gasteiger partial charge in [0.15, 0.2) is 0 Å². The summed E-state index contributed by atoms with van der Waals surface area (Å²) < 4.78 is 23.5. The zero-order valence-electron chi connectivity index (χ0n) is 19.1. The zero-order valence-corrected chi connectivity index (χ0v) is 19.1. The summed E-state index contributed by atoms with van der Waals surface area (Å²) in [5, 5.41) is 0. The lowest BCUT2D eigenvalue weighted by Crippen LogP contribution is -2.43. The van der Waals surface area contributed by atoms with Crippen LogP contribution in [0.2, 0.25) is 0 Å². The maximum atomic E-state index is 6.02. The second-order valence-corrected chi connectivity index (χ2v) is 11.6. The molecule has 4 atom stereocenters. The van der Waals surface area contributed by atoms with Crippen molar-refractivity contribution < 1.29 is 18.9 Å². The van der Waals surface area contributed by atoms with Gasteiger partial charge in [0.1, 0.15) is 13.6 Å². The van der Waals surface area contributed by atoms with Gasteiger partial charge in [-0.1, -0.05) is 55.4 Å². The van der Waals surface area contributed by atoms with Crippen LogP contribution in [0.3, 0.4) is 0 Å². The van der Waals surface area contributed by atoms with Crippen LogP contribution >= 0.6 is 0 Å². The molecule has 0 aliphatic heterocycles. The Morgan fingerprint density at radius 2 is 1.22 bits per heavy atom. The average molecular weight is 385 g/mol. The van der Waals surface area contributed by atoms with Crippen molar-refractivity contribution in [3.8, 4) is 0 Å².